The van der Waals surface area contributed by atoms with Crippen molar-refractivity contribution in [2.75, 3.05) is 5.75 Å². The predicted molar refractivity (Wildman–Crippen MR) is 125 cm³/mol. The fraction of sp³-hybridized carbons (Fsp3) is 1.00. The van der Waals surface area contributed by atoms with Gasteiger partial charge in [-0.1, -0.05) is 122 Å². The van der Waals surface area contributed by atoms with Crippen LogP contribution in [0.25, 0.3) is 0 Å². The second-order valence-electron chi connectivity index (χ2n) is 8.56. The molecule has 0 rings (SSSR count). The Labute approximate surface area is 171 Å². The lowest BCUT2D eigenvalue weighted by Gasteiger charge is -2.11. The first-order chi connectivity index (χ1) is 12.1. The first-order valence-corrected chi connectivity index (χ1v) is 16.2. The molecule has 0 amide bonds. The monoisotopic (exact) mass is 406 g/mol. The molecule has 0 aliphatic heterocycles. The molecule has 0 aliphatic carbocycles. The molecule has 0 saturated carbocycles. The Bertz CT molecular complexity index is 253. The van der Waals surface area contributed by atoms with Crippen LogP contribution in [-0.4, -0.2) is 13.1 Å². The molecule has 0 bridgehead atoms. The van der Waals surface area contributed by atoms with Crippen LogP contribution in [0.4, 0.5) is 0 Å². The third-order valence-electron chi connectivity index (χ3n) is 5.18. The van der Waals surface area contributed by atoms with E-state index in [1.807, 2.05) is 0 Å². The lowest BCUT2D eigenvalue weighted by atomic mass is 10.0. The van der Waals surface area contributed by atoms with Gasteiger partial charge in [-0.15, -0.1) is 0 Å². The molecule has 0 aromatic heterocycles. The highest BCUT2D eigenvalue weighted by atomic mass is 35.6. The Morgan fingerprint density at radius 2 is 0.720 bits per heavy atom. The van der Waals surface area contributed by atoms with E-state index in [0.29, 0.717) is 0 Å². The molecule has 0 unspecified atom stereocenters. The molecule has 25 heavy (non-hydrogen) atoms. The van der Waals surface area contributed by atoms with Gasteiger partial charge < -0.3 is 0 Å². The van der Waals surface area contributed by atoms with Gasteiger partial charge in [0.2, 0.25) is 0 Å². The quantitative estimate of drug-likeness (QED) is 0.0884. The third-order valence-corrected chi connectivity index (χ3v) is 7.61. The van der Waals surface area contributed by atoms with Crippen molar-refractivity contribution in [1.82, 2.24) is 0 Å². The molecular formula is C22H47ClSSi. The molecule has 0 nitrogen and oxygen atoms in total. The molecule has 0 heterocycles. The van der Waals surface area contributed by atoms with Crippen LogP contribution >= 0.6 is 23.7 Å². The van der Waals surface area contributed by atoms with Gasteiger partial charge in [0.1, 0.15) is 7.38 Å². The summed E-state index contributed by atoms with van der Waals surface area (Å²) in [5.74, 6) is 1.06. The third kappa shape index (κ3) is 24.9. The van der Waals surface area contributed by atoms with Gasteiger partial charge in [-0.25, -0.2) is 0 Å². The average molecular weight is 407 g/mol. The zero-order chi connectivity index (χ0) is 18.6. The van der Waals surface area contributed by atoms with Crippen molar-refractivity contribution in [3.63, 3.8) is 0 Å². The SMILES string of the molecule is C[Si](C)(Cl)CCCCCCCCCCCCCCCCCCCCS. The number of unbranched alkanes of at least 4 members (excludes halogenated alkanes) is 17. The highest BCUT2D eigenvalue weighted by Gasteiger charge is 2.15. The van der Waals surface area contributed by atoms with Crippen molar-refractivity contribution in [3.05, 3.63) is 0 Å². The molecule has 0 aromatic carbocycles. The second-order valence-corrected chi connectivity index (χ2v) is 16.0. The van der Waals surface area contributed by atoms with Crippen LogP contribution in [-0.2, 0) is 0 Å². The number of rotatable bonds is 20. The van der Waals surface area contributed by atoms with E-state index in [1.54, 1.807) is 0 Å². The van der Waals surface area contributed by atoms with Crippen molar-refractivity contribution in [2.45, 2.75) is 135 Å². The lowest BCUT2D eigenvalue weighted by molar-refractivity contribution is 0.526. The molecular weight excluding hydrogens is 360 g/mol. The van der Waals surface area contributed by atoms with Crippen LogP contribution in [0.15, 0.2) is 0 Å². The molecule has 0 saturated heterocycles. The van der Waals surface area contributed by atoms with Gasteiger partial charge >= 0.3 is 0 Å². The maximum absolute atomic E-state index is 6.35. The number of thiol groups is 1. The minimum absolute atomic E-state index is 1.06. The fourth-order valence-corrected chi connectivity index (χ4v) is 5.20. The van der Waals surface area contributed by atoms with E-state index in [1.165, 1.54) is 122 Å². The predicted octanol–water partition coefficient (Wildman–Crippen LogP) is 9.38. The Morgan fingerprint density at radius 3 is 0.960 bits per heavy atom. The summed E-state index contributed by atoms with van der Waals surface area (Å²) >= 11 is 10.6. The van der Waals surface area contributed by atoms with Crippen molar-refractivity contribution in [1.29, 1.82) is 0 Å². The molecule has 0 N–H and O–H groups in total. The summed E-state index contributed by atoms with van der Waals surface area (Å²) in [7, 11) is -1.30. The Balaban J connectivity index is 3.01. The van der Waals surface area contributed by atoms with Crippen LogP contribution in [0.3, 0.4) is 0 Å². The molecule has 0 radical (unpaired) electrons. The number of hydrogen-bond donors (Lipinski definition) is 1. The van der Waals surface area contributed by atoms with Gasteiger partial charge in [0.25, 0.3) is 0 Å². The molecule has 0 aromatic rings. The maximum atomic E-state index is 6.35. The minimum Gasteiger partial charge on any atom is -0.179 e. The van der Waals surface area contributed by atoms with Crippen molar-refractivity contribution < 1.29 is 0 Å². The van der Waals surface area contributed by atoms with Gasteiger partial charge in [-0.05, 0) is 18.2 Å². The maximum Gasteiger partial charge on any atom is 0.150 e. The van der Waals surface area contributed by atoms with E-state index in [2.05, 4.69) is 25.7 Å². The van der Waals surface area contributed by atoms with Gasteiger partial charge in [-0.2, -0.15) is 23.7 Å². The first-order valence-electron chi connectivity index (χ1n) is 11.4. The number of hydrogen-bond acceptors (Lipinski definition) is 1. The van der Waals surface area contributed by atoms with Crippen LogP contribution in [0, 0.1) is 0 Å². The molecule has 0 fully saturated rings. The lowest BCUT2D eigenvalue weighted by Crippen LogP contribution is -2.14. The highest BCUT2D eigenvalue weighted by molar-refractivity contribution is 7.80. The molecule has 0 atom stereocenters. The minimum atomic E-state index is -1.30. The molecule has 152 valence electrons. The zero-order valence-electron chi connectivity index (χ0n) is 17.5. The Kier molecular flexibility index (Phi) is 20.3. The second kappa shape index (κ2) is 19.6. The summed E-state index contributed by atoms with van der Waals surface area (Å²) in [4.78, 5) is 0. The normalized spacial score (nSPS) is 12.0. The Morgan fingerprint density at radius 1 is 0.480 bits per heavy atom. The summed E-state index contributed by atoms with van der Waals surface area (Å²) in [5, 5.41) is 0. The van der Waals surface area contributed by atoms with Crippen LogP contribution in [0.1, 0.15) is 116 Å². The van der Waals surface area contributed by atoms with Gasteiger partial charge in [0.15, 0.2) is 0 Å². The molecule has 0 aliphatic rings. The van der Waals surface area contributed by atoms with Crippen LogP contribution < -0.4 is 0 Å². The van der Waals surface area contributed by atoms with Crippen LogP contribution in [0.2, 0.25) is 19.1 Å². The largest absolute Gasteiger partial charge is 0.179 e. The zero-order valence-corrected chi connectivity index (χ0v) is 20.1. The summed E-state index contributed by atoms with van der Waals surface area (Å²) in [6, 6.07) is 1.30. The summed E-state index contributed by atoms with van der Waals surface area (Å²) in [6.07, 6.45) is 25.8. The van der Waals surface area contributed by atoms with Crippen molar-refractivity contribution in [3.8, 4) is 0 Å². The van der Waals surface area contributed by atoms with E-state index in [4.69, 9.17) is 11.1 Å². The summed E-state index contributed by atoms with van der Waals surface area (Å²) in [5.41, 5.74) is 0. The standard InChI is InChI=1S/C22H47ClSSi/c1-25(2,23)22-20-18-16-14-12-10-8-6-4-3-5-7-9-11-13-15-17-19-21-24/h24H,3-22H2,1-2H3. The highest BCUT2D eigenvalue weighted by Crippen LogP contribution is 2.19. The molecule has 0 spiro atoms. The number of halogens is 1. The fourth-order valence-electron chi connectivity index (χ4n) is 3.49. The van der Waals surface area contributed by atoms with Crippen molar-refractivity contribution in [2.24, 2.45) is 0 Å². The molecule has 3 heteroatoms. The average Bonchev–Trinajstić information content (AvgIpc) is 2.56. The Hall–Kier alpha value is 0.857. The van der Waals surface area contributed by atoms with E-state index in [-0.39, 0.29) is 0 Å². The van der Waals surface area contributed by atoms with E-state index in [9.17, 15) is 0 Å². The van der Waals surface area contributed by atoms with Crippen LogP contribution in [0.5, 0.6) is 0 Å². The van der Waals surface area contributed by atoms with E-state index < -0.39 is 7.38 Å². The summed E-state index contributed by atoms with van der Waals surface area (Å²) < 4.78 is 0. The topological polar surface area (TPSA) is 0 Å². The van der Waals surface area contributed by atoms with E-state index >= 15 is 0 Å². The first kappa shape index (κ1) is 25.9. The van der Waals surface area contributed by atoms with E-state index in [0.717, 1.165) is 5.75 Å². The van der Waals surface area contributed by atoms with Gasteiger partial charge in [-0.3, -0.25) is 0 Å². The van der Waals surface area contributed by atoms with Crippen molar-refractivity contribution >= 4 is 31.1 Å². The smallest absolute Gasteiger partial charge is 0.150 e. The van der Waals surface area contributed by atoms with Gasteiger partial charge in [0, 0.05) is 0 Å². The van der Waals surface area contributed by atoms with Gasteiger partial charge in [0.05, 0.1) is 0 Å². The summed E-state index contributed by atoms with van der Waals surface area (Å²) in [6.45, 7) is 4.53.